The SMILES string of the molecule is CCN(CC(=O)N[C@H]1CCS(=O)(=O)C1)C(=O)c1ccc([N+](=O)[O-])cc1Cl. The molecule has 1 atom stereocenters. The molecule has 1 saturated heterocycles. The summed E-state index contributed by atoms with van der Waals surface area (Å²) in [6, 6.07) is 3.03. The average Bonchev–Trinajstić information content (AvgIpc) is 2.90. The molecule has 0 aromatic heterocycles. The van der Waals surface area contributed by atoms with Crippen molar-refractivity contribution in [3.05, 3.63) is 38.9 Å². The number of halogens is 1. The van der Waals surface area contributed by atoms with E-state index in [0.29, 0.717) is 6.42 Å². The van der Waals surface area contributed by atoms with Crippen molar-refractivity contribution in [3.8, 4) is 0 Å². The van der Waals surface area contributed by atoms with Gasteiger partial charge in [-0.2, -0.15) is 0 Å². The molecule has 9 nitrogen and oxygen atoms in total. The van der Waals surface area contributed by atoms with Crippen LogP contribution in [-0.4, -0.2) is 60.7 Å². The summed E-state index contributed by atoms with van der Waals surface area (Å²) in [4.78, 5) is 36.0. The normalized spacial score (nSPS) is 18.3. The van der Waals surface area contributed by atoms with Crippen molar-refractivity contribution in [1.29, 1.82) is 0 Å². The van der Waals surface area contributed by atoms with E-state index in [-0.39, 0.29) is 40.9 Å². The Morgan fingerprint density at radius 2 is 2.12 bits per heavy atom. The Balaban J connectivity index is 2.04. The van der Waals surface area contributed by atoms with Gasteiger partial charge in [0.05, 0.1) is 33.6 Å². The van der Waals surface area contributed by atoms with E-state index in [1.165, 1.54) is 11.0 Å². The highest BCUT2D eigenvalue weighted by Gasteiger charge is 2.29. The highest BCUT2D eigenvalue weighted by atomic mass is 35.5. The number of nitro benzene ring substituents is 1. The Kier molecular flexibility index (Phi) is 6.19. The minimum absolute atomic E-state index is 0.0345. The smallest absolute Gasteiger partial charge is 0.270 e. The van der Waals surface area contributed by atoms with E-state index in [1.54, 1.807) is 6.92 Å². The number of nitrogens with one attached hydrogen (secondary N) is 1. The molecule has 2 amide bonds. The summed E-state index contributed by atoms with van der Waals surface area (Å²) in [7, 11) is -3.12. The van der Waals surface area contributed by atoms with Crippen LogP contribution in [0.3, 0.4) is 0 Å². The summed E-state index contributed by atoms with van der Waals surface area (Å²) < 4.78 is 22.9. The lowest BCUT2D eigenvalue weighted by Gasteiger charge is -2.22. The first-order valence-electron chi connectivity index (χ1n) is 7.86. The molecular weight excluding hydrogens is 386 g/mol. The monoisotopic (exact) mass is 403 g/mol. The third-order valence-corrected chi connectivity index (χ3v) is 6.08. The van der Waals surface area contributed by atoms with Crippen LogP contribution in [0.15, 0.2) is 18.2 Å². The molecule has 0 aliphatic carbocycles. The number of nitro groups is 1. The number of likely N-dealkylation sites (N-methyl/N-ethyl adjacent to an activating group) is 1. The second-order valence-corrected chi connectivity index (χ2v) is 8.54. The number of sulfone groups is 1. The molecule has 0 saturated carbocycles. The number of rotatable bonds is 6. The molecule has 142 valence electrons. The van der Waals surface area contributed by atoms with Crippen molar-refractivity contribution in [2.75, 3.05) is 24.6 Å². The highest BCUT2D eigenvalue weighted by Crippen LogP contribution is 2.23. The molecule has 2 rings (SSSR count). The van der Waals surface area contributed by atoms with E-state index in [2.05, 4.69) is 5.32 Å². The van der Waals surface area contributed by atoms with E-state index in [4.69, 9.17) is 11.6 Å². The van der Waals surface area contributed by atoms with Crippen molar-refractivity contribution < 1.29 is 22.9 Å². The van der Waals surface area contributed by atoms with Crippen LogP contribution < -0.4 is 5.32 Å². The number of non-ortho nitro benzene ring substituents is 1. The number of amides is 2. The zero-order valence-electron chi connectivity index (χ0n) is 14.0. The molecule has 26 heavy (non-hydrogen) atoms. The van der Waals surface area contributed by atoms with Gasteiger partial charge in [-0.3, -0.25) is 19.7 Å². The molecule has 0 bridgehead atoms. The van der Waals surface area contributed by atoms with Crippen LogP contribution in [0.4, 0.5) is 5.69 Å². The Morgan fingerprint density at radius 3 is 2.62 bits per heavy atom. The molecule has 1 aromatic rings. The zero-order valence-corrected chi connectivity index (χ0v) is 15.5. The van der Waals surface area contributed by atoms with Crippen LogP contribution in [0.2, 0.25) is 5.02 Å². The molecular formula is C15H18ClN3O6S. The van der Waals surface area contributed by atoms with Crippen LogP contribution in [0.25, 0.3) is 0 Å². The van der Waals surface area contributed by atoms with Gasteiger partial charge >= 0.3 is 0 Å². The summed E-state index contributed by atoms with van der Waals surface area (Å²) in [6.45, 7) is 1.62. The molecule has 1 N–H and O–H groups in total. The van der Waals surface area contributed by atoms with Gasteiger partial charge in [0, 0.05) is 24.7 Å². The van der Waals surface area contributed by atoms with Gasteiger partial charge in [-0.15, -0.1) is 0 Å². The topological polar surface area (TPSA) is 127 Å². The fourth-order valence-electron chi connectivity index (χ4n) is 2.64. The first-order valence-corrected chi connectivity index (χ1v) is 10.1. The van der Waals surface area contributed by atoms with Gasteiger partial charge < -0.3 is 10.2 Å². The molecule has 1 aliphatic rings. The molecule has 1 aliphatic heterocycles. The number of hydrogen-bond donors (Lipinski definition) is 1. The number of carbonyl (C=O) groups excluding carboxylic acids is 2. The lowest BCUT2D eigenvalue weighted by atomic mass is 10.1. The number of carbonyl (C=O) groups is 2. The van der Waals surface area contributed by atoms with Crippen molar-refractivity contribution in [2.24, 2.45) is 0 Å². The van der Waals surface area contributed by atoms with E-state index >= 15 is 0 Å². The lowest BCUT2D eigenvalue weighted by Crippen LogP contribution is -2.44. The number of nitrogens with zero attached hydrogens (tertiary/aromatic N) is 2. The van der Waals surface area contributed by atoms with Crippen LogP contribution >= 0.6 is 11.6 Å². The van der Waals surface area contributed by atoms with Gasteiger partial charge in [0.25, 0.3) is 11.6 Å². The Labute approximate surface area is 155 Å². The van der Waals surface area contributed by atoms with Gasteiger partial charge in [-0.25, -0.2) is 8.42 Å². The van der Waals surface area contributed by atoms with Crippen LogP contribution in [0.1, 0.15) is 23.7 Å². The van der Waals surface area contributed by atoms with Crippen LogP contribution in [0, 0.1) is 10.1 Å². The minimum Gasteiger partial charge on any atom is -0.351 e. The fraction of sp³-hybridized carbons (Fsp3) is 0.467. The maximum absolute atomic E-state index is 12.5. The largest absolute Gasteiger partial charge is 0.351 e. The van der Waals surface area contributed by atoms with E-state index in [9.17, 15) is 28.1 Å². The minimum atomic E-state index is -3.12. The first kappa shape index (κ1) is 20.1. The molecule has 0 radical (unpaired) electrons. The van der Waals surface area contributed by atoms with Crippen molar-refractivity contribution in [3.63, 3.8) is 0 Å². The standard InChI is InChI=1S/C15H18ClN3O6S/c1-2-18(8-14(20)17-10-5-6-26(24,25)9-10)15(21)12-4-3-11(19(22)23)7-13(12)16/h3-4,7,10H,2,5-6,8-9H2,1H3,(H,17,20)/t10-/m0/s1. The first-order chi connectivity index (χ1) is 12.1. The van der Waals surface area contributed by atoms with E-state index in [1.807, 2.05) is 0 Å². The highest BCUT2D eigenvalue weighted by molar-refractivity contribution is 7.91. The summed E-state index contributed by atoms with van der Waals surface area (Å²) in [5.74, 6) is -1.08. The molecule has 0 unspecified atom stereocenters. The van der Waals surface area contributed by atoms with Crippen molar-refractivity contribution in [2.45, 2.75) is 19.4 Å². The van der Waals surface area contributed by atoms with Crippen molar-refractivity contribution >= 4 is 38.9 Å². The molecule has 1 fully saturated rings. The average molecular weight is 404 g/mol. The third-order valence-electron chi connectivity index (χ3n) is 3.99. The predicted molar refractivity (Wildman–Crippen MR) is 94.9 cm³/mol. The summed E-state index contributed by atoms with van der Waals surface area (Å²) >= 11 is 5.96. The third kappa shape index (κ3) is 4.92. The predicted octanol–water partition coefficient (Wildman–Crippen LogP) is 1.01. The lowest BCUT2D eigenvalue weighted by molar-refractivity contribution is -0.384. The summed E-state index contributed by atoms with van der Waals surface area (Å²) in [5, 5.41) is 13.3. The maximum atomic E-state index is 12.5. The second kappa shape index (κ2) is 8.00. The molecule has 1 heterocycles. The van der Waals surface area contributed by atoms with Crippen molar-refractivity contribution in [1.82, 2.24) is 10.2 Å². The Hall–Kier alpha value is -2.20. The molecule has 1 aromatic carbocycles. The Bertz CT molecular complexity index is 842. The van der Waals surface area contributed by atoms with E-state index in [0.717, 1.165) is 12.1 Å². The quantitative estimate of drug-likeness (QED) is 0.558. The number of benzene rings is 1. The van der Waals surface area contributed by atoms with E-state index < -0.39 is 32.6 Å². The summed E-state index contributed by atoms with van der Waals surface area (Å²) in [6.07, 6.45) is 0.350. The van der Waals surface area contributed by atoms with Gasteiger partial charge in [0.1, 0.15) is 0 Å². The van der Waals surface area contributed by atoms with Gasteiger partial charge in [-0.1, -0.05) is 11.6 Å². The summed E-state index contributed by atoms with van der Waals surface area (Å²) in [5.41, 5.74) is -0.190. The van der Waals surface area contributed by atoms with Gasteiger partial charge in [-0.05, 0) is 19.4 Å². The molecule has 0 spiro atoms. The zero-order chi connectivity index (χ0) is 19.5. The van der Waals surface area contributed by atoms with Crippen LogP contribution in [-0.2, 0) is 14.6 Å². The fourth-order valence-corrected chi connectivity index (χ4v) is 4.57. The second-order valence-electron chi connectivity index (χ2n) is 5.91. The Morgan fingerprint density at radius 1 is 1.42 bits per heavy atom. The van der Waals surface area contributed by atoms with Gasteiger partial charge in [0.2, 0.25) is 5.91 Å². The molecule has 11 heteroatoms. The van der Waals surface area contributed by atoms with Crippen LogP contribution in [0.5, 0.6) is 0 Å². The van der Waals surface area contributed by atoms with Gasteiger partial charge in [0.15, 0.2) is 9.84 Å². The number of hydrogen-bond acceptors (Lipinski definition) is 6. The maximum Gasteiger partial charge on any atom is 0.270 e.